The van der Waals surface area contributed by atoms with Crippen LogP contribution in [0.4, 0.5) is 0 Å². The van der Waals surface area contributed by atoms with Crippen LogP contribution in [0.15, 0.2) is 47.8 Å². The van der Waals surface area contributed by atoms with E-state index in [9.17, 15) is 9.90 Å². The van der Waals surface area contributed by atoms with Crippen LogP contribution in [-0.4, -0.2) is 22.8 Å². The highest BCUT2D eigenvalue weighted by molar-refractivity contribution is 7.99. The normalized spacial score (nSPS) is 15.0. The summed E-state index contributed by atoms with van der Waals surface area (Å²) >= 11 is 3.09. The molecule has 22 heavy (non-hydrogen) atoms. The number of thioether (sulfide) groups is 1. The SMILES string of the molecule is CC(SCc1ccccc1)C(=O)NCC(C)(O)c1cccs1. The molecule has 0 bridgehead atoms. The molecule has 0 aliphatic carbocycles. The fourth-order valence-electron chi connectivity index (χ4n) is 1.95. The summed E-state index contributed by atoms with van der Waals surface area (Å²) in [6.07, 6.45) is 0. The third-order valence-corrected chi connectivity index (χ3v) is 5.71. The van der Waals surface area contributed by atoms with Gasteiger partial charge < -0.3 is 10.4 Å². The van der Waals surface area contributed by atoms with Gasteiger partial charge in [-0.3, -0.25) is 4.79 Å². The van der Waals surface area contributed by atoms with Crippen molar-refractivity contribution in [1.82, 2.24) is 5.32 Å². The number of benzene rings is 1. The van der Waals surface area contributed by atoms with Crippen LogP contribution in [0, 0.1) is 0 Å². The molecule has 2 aromatic rings. The summed E-state index contributed by atoms with van der Waals surface area (Å²) < 4.78 is 0. The van der Waals surface area contributed by atoms with Gasteiger partial charge in [-0.2, -0.15) is 0 Å². The molecule has 2 N–H and O–H groups in total. The number of nitrogens with one attached hydrogen (secondary N) is 1. The third kappa shape index (κ3) is 4.87. The molecule has 1 heterocycles. The molecule has 2 rings (SSSR count). The average Bonchev–Trinajstić information content (AvgIpc) is 3.06. The number of hydrogen-bond donors (Lipinski definition) is 2. The zero-order valence-corrected chi connectivity index (χ0v) is 14.4. The Labute approximate surface area is 139 Å². The quantitative estimate of drug-likeness (QED) is 0.815. The lowest BCUT2D eigenvalue weighted by atomic mass is 10.1. The van der Waals surface area contributed by atoms with Crippen LogP contribution in [0.25, 0.3) is 0 Å². The summed E-state index contributed by atoms with van der Waals surface area (Å²) in [6, 6.07) is 13.9. The summed E-state index contributed by atoms with van der Waals surface area (Å²) in [5, 5.41) is 15.0. The van der Waals surface area contributed by atoms with E-state index in [2.05, 4.69) is 17.4 Å². The van der Waals surface area contributed by atoms with E-state index in [4.69, 9.17) is 0 Å². The molecule has 0 aliphatic rings. The van der Waals surface area contributed by atoms with Crippen LogP contribution in [0.3, 0.4) is 0 Å². The summed E-state index contributed by atoms with van der Waals surface area (Å²) in [5.74, 6) is 0.759. The largest absolute Gasteiger partial charge is 0.383 e. The van der Waals surface area contributed by atoms with Gasteiger partial charge in [-0.1, -0.05) is 36.4 Å². The van der Waals surface area contributed by atoms with E-state index in [0.717, 1.165) is 10.6 Å². The van der Waals surface area contributed by atoms with Gasteiger partial charge in [-0.25, -0.2) is 0 Å². The smallest absolute Gasteiger partial charge is 0.232 e. The standard InChI is InChI=1S/C17H21NO2S2/c1-13(22-11-14-7-4-3-5-8-14)16(19)18-12-17(2,20)15-9-6-10-21-15/h3-10,13,20H,11-12H2,1-2H3,(H,18,19). The van der Waals surface area contributed by atoms with Crippen LogP contribution in [0.5, 0.6) is 0 Å². The van der Waals surface area contributed by atoms with Crippen molar-refractivity contribution < 1.29 is 9.90 Å². The summed E-state index contributed by atoms with van der Waals surface area (Å²) in [4.78, 5) is 13.0. The fraction of sp³-hybridized carbons (Fsp3) is 0.353. The Balaban J connectivity index is 1.79. The number of carbonyl (C=O) groups excluding carboxylic acids is 1. The maximum Gasteiger partial charge on any atom is 0.232 e. The summed E-state index contributed by atoms with van der Waals surface area (Å²) in [5.41, 5.74) is 0.186. The highest BCUT2D eigenvalue weighted by Gasteiger charge is 2.25. The predicted octanol–water partition coefficient (Wildman–Crippen LogP) is 3.39. The van der Waals surface area contributed by atoms with Crippen molar-refractivity contribution in [3.05, 3.63) is 58.3 Å². The van der Waals surface area contributed by atoms with Crippen molar-refractivity contribution in [1.29, 1.82) is 0 Å². The lowest BCUT2D eigenvalue weighted by Gasteiger charge is -2.23. The van der Waals surface area contributed by atoms with E-state index in [-0.39, 0.29) is 17.7 Å². The first kappa shape index (κ1) is 17.1. The number of rotatable bonds is 7. The van der Waals surface area contributed by atoms with Crippen molar-refractivity contribution in [3.8, 4) is 0 Å². The molecular weight excluding hydrogens is 314 g/mol. The molecule has 5 heteroatoms. The van der Waals surface area contributed by atoms with Gasteiger partial charge >= 0.3 is 0 Å². The first-order chi connectivity index (χ1) is 10.5. The molecule has 0 saturated carbocycles. The van der Waals surface area contributed by atoms with E-state index in [1.54, 1.807) is 18.7 Å². The highest BCUT2D eigenvalue weighted by Crippen LogP contribution is 2.24. The van der Waals surface area contributed by atoms with Crippen molar-refractivity contribution in [2.75, 3.05) is 6.54 Å². The van der Waals surface area contributed by atoms with E-state index in [1.165, 1.54) is 16.9 Å². The summed E-state index contributed by atoms with van der Waals surface area (Å²) in [7, 11) is 0. The first-order valence-electron chi connectivity index (χ1n) is 7.18. The van der Waals surface area contributed by atoms with Crippen molar-refractivity contribution >= 4 is 29.0 Å². The topological polar surface area (TPSA) is 49.3 Å². The van der Waals surface area contributed by atoms with E-state index >= 15 is 0 Å². The third-order valence-electron chi connectivity index (χ3n) is 3.37. The van der Waals surface area contributed by atoms with E-state index < -0.39 is 5.60 Å². The van der Waals surface area contributed by atoms with Gasteiger partial charge in [0.15, 0.2) is 0 Å². The van der Waals surface area contributed by atoms with Crippen LogP contribution >= 0.6 is 23.1 Å². The molecular formula is C17H21NO2S2. The lowest BCUT2D eigenvalue weighted by molar-refractivity contribution is -0.121. The van der Waals surface area contributed by atoms with Crippen LogP contribution < -0.4 is 5.32 Å². The molecule has 118 valence electrons. The number of thiophene rings is 1. The maximum absolute atomic E-state index is 12.1. The Morgan fingerprint density at radius 1 is 1.32 bits per heavy atom. The van der Waals surface area contributed by atoms with Gasteiger partial charge in [0.1, 0.15) is 5.60 Å². The minimum Gasteiger partial charge on any atom is -0.383 e. The molecule has 2 unspecified atom stereocenters. The van der Waals surface area contributed by atoms with Gasteiger partial charge in [-0.15, -0.1) is 23.1 Å². The van der Waals surface area contributed by atoms with E-state index in [1.807, 2.05) is 42.6 Å². The average molecular weight is 335 g/mol. The zero-order chi connectivity index (χ0) is 16.0. The lowest BCUT2D eigenvalue weighted by Crippen LogP contribution is -2.41. The molecule has 0 fully saturated rings. The van der Waals surface area contributed by atoms with Gasteiger partial charge in [0.25, 0.3) is 0 Å². The Morgan fingerprint density at radius 3 is 2.68 bits per heavy atom. The first-order valence-corrected chi connectivity index (χ1v) is 9.11. The van der Waals surface area contributed by atoms with Crippen molar-refractivity contribution in [2.24, 2.45) is 0 Å². The number of aliphatic hydroxyl groups is 1. The van der Waals surface area contributed by atoms with Crippen molar-refractivity contribution in [3.63, 3.8) is 0 Å². The Bertz CT molecular complexity index is 582. The maximum atomic E-state index is 12.1. The van der Waals surface area contributed by atoms with E-state index in [0.29, 0.717) is 0 Å². The molecule has 0 radical (unpaired) electrons. The molecule has 3 nitrogen and oxygen atoms in total. The van der Waals surface area contributed by atoms with Gasteiger partial charge in [0, 0.05) is 10.6 Å². The second-order valence-electron chi connectivity index (χ2n) is 5.41. The summed E-state index contributed by atoms with van der Waals surface area (Å²) in [6.45, 7) is 3.84. The van der Waals surface area contributed by atoms with Crippen LogP contribution in [0.1, 0.15) is 24.3 Å². The predicted molar refractivity (Wildman–Crippen MR) is 94.1 cm³/mol. The minimum atomic E-state index is -1.02. The second-order valence-corrected chi connectivity index (χ2v) is 7.68. The van der Waals surface area contributed by atoms with Gasteiger partial charge in [-0.05, 0) is 30.9 Å². The molecule has 0 spiro atoms. The van der Waals surface area contributed by atoms with Crippen LogP contribution in [-0.2, 0) is 16.1 Å². The zero-order valence-electron chi connectivity index (χ0n) is 12.8. The second kappa shape index (κ2) is 7.81. The van der Waals surface area contributed by atoms with Gasteiger partial charge in [0.05, 0.1) is 11.8 Å². The Hall–Kier alpha value is -1.30. The number of carbonyl (C=O) groups is 1. The molecule has 1 aromatic heterocycles. The number of hydrogen-bond acceptors (Lipinski definition) is 4. The molecule has 1 aromatic carbocycles. The monoisotopic (exact) mass is 335 g/mol. The fourth-order valence-corrected chi connectivity index (χ4v) is 3.60. The number of amides is 1. The minimum absolute atomic E-state index is 0.0437. The molecule has 0 aliphatic heterocycles. The Morgan fingerprint density at radius 2 is 2.05 bits per heavy atom. The molecule has 2 atom stereocenters. The molecule has 0 saturated heterocycles. The highest BCUT2D eigenvalue weighted by atomic mass is 32.2. The molecule has 1 amide bonds. The van der Waals surface area contributed by atoms with Crippen LogP contribution in [0.2, 0.25) is 0 Å². The Kier molecular flexibility index (Phi) is 6.06. The van der Waals surface area contributed by atoms with Crippen molar-refractivity contribution in [2.45, 2.75) is 30.5 Å². The van der Waals surface area contributed by atoms with Gasteiger partial charge in [0.2, 0.25) is 5.91 Å².